The molecule has 0 spiro atoms. The number of nitrogens with zero attached hydrogens (tertiary/aromatic N) is 1. The van der Waals surface area contributed by atoms with Crippen LogP contribution in [0.15, 0.2) is 23.1 Å². The highest BCUT2D eigenvalue weighted by atomic mass is 32.2. The maximum absolute atomic E-state index is 12.7. The van der Waals surface area contributed by atoms with Gasteiger partial charge in [-0.25, -0.2) is 13.1 Å². The van der Waals surface area contributed by atoms with Gasteiger partial charge < -0.3 is 14.4 Å². The summed E-state index contributed by atoms with van der Waals surface area (Å²) in [7, 11) is -3.57. The van der Waals surface area contributed by atoms with E-state index in [0.717, 1.165) is 26.1 Å². The Labute approximate surface area is 137 Å². The average Bonchev–Trinajstić information content (AvgIpc) is 2.74. The Morgan fingerprint density at radius 3 is 2.65 bits per heavy atom. The summed E-state index contributed by atoms with van der Waals surface area (Å²) in [4.78, 5) is 2.48. The first-order chi connectivity index (χ1) is 11.0. The van der Waals surface area contributed by atoms with Gasteiger partial charge in [0.1, 0.15) is 0 Å². The van der Waals surface area contributed by atoms with Gasteiger partial charge in [-0.2, -0.15) is 0 Å². The quantitative estimate of drug-likeness (QED) is 0.899. The van der Waals surface area contributed by atoms with E-state index in [4.69, 9.17) is 9.47 Å². The lowest BCUT2D eigenvalue weighted by atomic mass is 10.1. The van der Waals surface area contributed by atoms with Crippen molar-refractivity contribution in [2.24, 2.45) is 5.92 Å². The van der Waals surface area contributed by atoms with Crippen LogP contribution in [-0.4, -0.2) is 52.2 Å². The lowest BCUT2D eigenvalue weighted by molar-refractivity contribution is 0.297. The number of hydrogen-bond acceptors (Lipinski definition) is 5. The topological polar surface area (TPSA) is 67.9 Å². The maximum Gasteiger partial charge on any atom is 0.241 e. The summed E-state index contributed by atoms with van der Waals surface area (Å²) in [5, 5.41) is 0. The fourth-order valence-corrected chi connectivity index (χ4v) is 4.41. The number of nitrogens with one attached hydrogen (secondary N) is 1. The molecule has 1 aromatic carbocycles. The first kappa shape index (κ1) is 16.5. The number of likely N-dealkylation sites (N-methyl/N-ethyl adjacent to an activating group) is 1. The highest BCUT2D eigenvalue weighted by Gasteiger charge is 2.32. The SMILES string of the molecule is CCN1C[C@H](C)[C@H](NS(=O)(=O)c2ccc3c(c2)OCCCO3)C1. The molecule has 2 aliphatic rings. The Morgan fingerprint density at radius 2 is 1.96 bits per heavy atom. The Bertz CT molecular complexity index is 662. The number of sulfonamides is 1. The van der Waals surface area contributed by atoms with Gasteiger partial charge in [-0.1, -0.05) is 13.8 Å². The molecule has 0 saturated carbocycles. The van der Waals surface area contributed by atoms with E-state index in [1.165, 1.54) is 0 Å². The van der Waals surface area contributed by atoms with Gasteiger partial charge in [0.2, 0.25) is 10.0 Å². The zero-order chi connectivity index (χ0) is 16.4. The minimum Gasteiger partial charge on any atom is -0.490 e. The third-order valence-corrected chi connectivity index (χ3v) is 5.96. The molecule has 128 valence electrons. The molecule has 6 nitrogen and oxygen atoms in total. The van der Waals surface area contributed by atoms with Gasteiger partial charge in [0.25, 0.3) is 0 Å². The van der Waals surface area contributed by atoms with Gasteiger partial charge in [0.15, 0.2) is 11.5 Å². The minimum absolute atomic E-state index is 0.0593. The van der Waals surface area contributed by atoms with E-state index >= 15 is 0 Å². The van der Waals surface area contributed by atoms with Gasteiger partial charge in [-0.3, -0.25) is 0 Å². The molecule has 7 heteroatoms. The number of fused-ring (bicyclic) bond motifs is 1. The molecule has 1 aromatic rings. The number of hydrogen-bond donors (Lipinski definition) is 1. The molecule has 1 N–H and O–H groups in total. The Kier molecular flexibility index (Phi) is 4.79. The predicted octanol–water partition coefficient (Wildman–Crippen LogP) is 1.47. The Morgan fingerprint density at radius 1 is 1.22 bits per heavy atom. The fourth-order valence-electron chi connectivity index (χ4n) is 3.06. The second kappa shape index (κ2) is 6.67. The second-order valence-electron chi connectivity index (χ2n) is 6.22. The van der Waals surface area contributed by atoms with Crippen LogP contribution in [0.5, 0.6) is 11.5 Å². The zero-order valence-corrected chi connectivity index (χ0v) is 14.4. The highest BCUT2D eigenvalue weighted by Crippen LogP contribution is 2.32. The third kappa shape index (κ3) is 3.62. The second-order valence-corrected chi connectivity index (χ2v) is 7.93. The number of benzene rings is 1. The van der Waals surface area contributed by atoms with Crippen molar-refractivity contribution in [3.8, 4) is 11.5 Å². The van der Waals surface area contributed by atoms with E-state index in [2.05, 4.69) is 23.5 Å². The monoisotopic (exact) mass is 340 g/mol. The van der Waals surface area contributed by atoms with Gasteiger partial charge in [-0.15, -0.1) is 0 Å². The van der Waals surface area contributed by atoms with Gasteiger partial charge >= 0.3 is 0 Å². The summed E-state index contributed by atoms with van der Waals surface area (Å²) in [6.45, 7) is 7.90. The molecule has 0 radical (unpaired) electrons. The molecular weight excluding hydrogens is 316 g/mol. The Balaban J connectivity index is 1.79. The first-order valence-electron chi connectivity index (χ1n) is 8.14. The highest BCUT2D eigenvalue weighted by molar-refractivity contribution is 7.89. The van der Waals surface area contributed by atoms with Crippen molar-refractivity contribution in [3.05, 3.63) is 18.2 Å². The molecule has 0 aromatic heterocycles. The van der Waals surface area contributed by atoms with E-state index in [1.807, 2.05) is 0 Å². The number of rotatable bonds is 4. The molecule has 1 fully saturated rings. The summed E-state index contributed by atoms with van der Waals surface area (Å²) in [6.07, 6.45) is 0.793. The molecule has 0 unspecified atom stereocenters. The standard InChI is InChI=1S/C16H24N2O4S/c1-3-18-10-12(2)14(11-18)17-23(19,20)13-5-6-15-16(9-13)22-8-4-7-21-15/h5-6,9,12,14,17H,3-4,7-8,10-11H2,1-2H3/t12-,14+/m0/s1. The van der Waals surface area contributed by atoms with Crippen molar-refractivity contribution >= 4 is 10.0 Å². The van der Waals surface area contributed by atoms with Crippen LogP contribution in [0.4, 0.5) is 0 Å². The summed E-state index contributed by atoms with van der Waals surface area (Å²) in [6, 6.07) is 4.75. The smallest absolute Gasteiger partial charge is 0.241 e. The largest absolute Gasteiger partial charge is 0.490 e. The molecule has 0 bridgehead atoms. The first-order valence-corrected chi connectivity index (χ1v) is 9.62. The molecule has 2 heterocycles. The van der Waals surface area contributed by atoms with Crippen LogP contribution in [0.3, 0.4) is 0 Å². The predicted molar refractivity (Wildman–Crippen MR) is 87.4 cm³/mol. The lowest BCUT2D eigenvalue weighted by Gasteiger charge is -2.17. The molecule has 1 saturated heterocycles. The van der Waals surface area contributed by atoms with E-state index in [9.17, 15) is 8.42 Å². The molecule has 2 atom stereocenters. The Hall–Kier alpha value is -1.31. The van der Waals surface area contributed by atoms with Crippen LogP contribution in [0.1, 0.15) is 20.3 Å². The van der Waals surface area contributed by atoms with Crippen LogP contribution in [0, 0.1) is 5.92 Å². The summed E-state index contributed by atoms with van der Waals surface area (Å²) >= 11 is 0. The third-order valence-electron chi connectivity index (χ3n) is 4.47. The summed E-state index contributed by atoms with van der Waals surface area (Å²) in [5.74, 6) is 1.40. The normalized spacial score (nSPS) is 25.3. The van der Waals surface area contributed by atoms with Crippen LogP contribution in [-0.2, 0) is 10.0 Å². The lowest BCUT2D eigenvalue weighted by Crippen LogP contribution is -2.39. The fraction of sp³-hybridized carbons (Fsp3) is 0.625. The number of likely N-dealkylation sites (tertiary alicyclic amines) is 1. The van der Waals surface area contributed by atoms with Crippen molar-refractivity contribution in [2.45, 2.75) is 31.2 Å². The van der Waals surface area contributed by atoms with Crippen LogP contribution < -0.4 is 14.2 Å². The minimum atomic E-state index is -3.57. The molecule has 2 aliphatic heterocycles. The molecule has 23 heavy (non-hydrogen) atoms. The molecule has 0 amide bonds. The molecular formula is C16H24N2O4S. The van der Waals surface area contributed by atoms with Gasteiger partial charge in [0.05, 0.1) is 18.1 Å². The van der Waals surface area contributed by atoms with Crippen molar-refractivity contribution in [2.75, 3.05) is 32.8 Å². The maximum atomic E-state index is 12.7. The van der Waals surface area contributed by atoms with E-state index < -0.39 is 10.0 Å². The zero-order valence-electron chi connectivity index (χ0n) is 13.6. The van der Waals surface area contributed by atoms with Crippen LogP contribution in [0.2, 0.25) is 0 Å². The average molecular weight is 340 g/mol. The van der Waals surface area contributed by atoms with Gasteiger partial charge in [-0.05, 0) is 24.6 Å². The van der Waals surface area contributed by atoms with Crippen molar-refractivity contribution in [1.29, 1.82) is 0 Å². The molecule has 3 rings (SSSR count). The van der Waals surface area contributed by atoms with Gasteiger partial charge in [0, 0.05) is 31.6 Å². The van der Waals surface area contributed by atoms with Crippen molar-refractivity contribution in [3.63, 3.8) is 0 Å². The summed E-state index contributed by atoms with van der Waals surface area (Å²) < 4.78 is 39.3. The number of ether oxygens (including phenoxy) is 2. The molecule has 0 aliphatic carbocycles. The van der Waals surface area contributed by atoms with Crippen LogP contribution in [0.25, 0.3) is 0 Å². The van der Waals surface area contributed by atoms with E-state index in [1.54, 1.807) is 18.2 Å². The van der Waals surface area contributed by atoms with Crippen molar-refractivity contribution < 1.29 is 17.9 Å². The van der Waals surface area contributed by atoms with E-state index in [0.29, 0.717) is 30.6 Å². The van der Waals surface area contributed by atoms with E-state index in [-0.39, 0.29) is 10.9 Å². The summed E-state index contributed by atoms with van der Waals surface area (Å²) in [5.41, 5.74) is 0. The van der Waals surface area contributed by atoms with Crippen molar-refractivity contribution in [1.82, 2.24) is 9.62 Å². The van der Waals surface area contributed by atoms with Crippen LogP contribution >= 0.6 is 0 Å².